The summed E-state index contributed by atoms with van der Waals surface area (Å²) >= 11 is 4.99. The van der Waals surface area contributed by atoms with Gasteiger partial charge < -0.3 is 15.7 Å². The third-order valence-electron chi connectivity index (χ3n) is 2.81. The molecule has 0 atom stereocenters. The van der Waals surface area contributed by atoms with E-state index in [1.165, 1.54) is 0 Å². The highest BCUT2D eigenvalue weighted by Crippen LogP contribution is 2.19. The number of hydrogen-bond acceptors (Lipinski definition) is 3. The summed E-state index contributed by atoms with van der Waals surface area (Å²) in [7, 11) is 0. The van der Waals surface area contributed by atoms with Gasteiger partial charge in [0.05, 0.1) is 0 Å². The van der Waals surface area contributed by atoms with Crippen molar-refractivity contribution in [3.63, 3.8) is 0 Å². The third-order valence-corrected chi connectivity index (χ3v) is 3.03. The SMILES string of the molecule is CCN(CCCO)c1ccc(C(N)=S)c(C)c1. The Labute approximate surface area is 108 Å². The molecule has 0 saturated heterocycles. The van der Waals surface area contributed by atoms with E-state index in [9.17, 15) is 0 Å². The Hall–Kier alpha value is -1.13. The molecule has 4 heteroatoms. The molecule has 17 heavy (non-hydrogen) atoms. The van der Waals surface area contributed by atoms with Gasteiger partial charge in [0, 0.05) is 30.9 Å². The lowest BCUT2D eigenvalue weighted by molar-refractivity contribution is 0.289. The second-order valence-electron chi connectivity index (χ2n) is 4.02. The maximum absolute atomic E-state index is 8.87. The van der Waals surface area contributed by atoms with Gasteiger partial charge in [0.1, 0.15) is 4.99 Å². The standard InChI is InChI=1S/C13H20N2OS/c1-3-15(7-4-8-16)11-5-6-12(13(14)17)10(2)9-11/h5-6,9,16H,3-4,7-8H2,1-2H3,(H2,14,17). The van der Waals surface area contributed by atoms with Gasteiger partial charge in [-0.2, -0.15) is 0 Å². The van der Waals surface area contributed by atoms with Gasteiger partial charge in [0.2, 0.25) is 0 Å². The molecule has 0 bridgehead atoms. The van der Waals surface area contributed by atoms with E-state index in [0.29, 0.717) is 4.99 Å². The number of thiocarbonyl (C=S) groups is 1. The van der Waals surface area contributed by atoms with Gasteiger partial charge in [-0.3, -0.25) is 0 Å². The Kier molecular flexibility index (Phi) is 5.38. The summed E-state index contributed by atoms with van der Waals surface area (Å²) in [5.41, 5.74) is 8.82. The maximum atomic E-state index is 8.87. The van der Waals surface area contributed by atoms with Crippen LogP contribution in [0.2, 0.25) is 0 Å². The average Bonchev–Trinajstić information content (AvgIpc) is 2.29. The molecular formula is C13H20N2OS. The normalized spacial score (nSPS) is 10.3. The van der Waals surface area contributed by atoms with Crippen LogP contribution >= 0.6 is 12.2 Å². The van der Waals surface area contributed by atoms with Crippen LogP contribution in [0.3, 0.4) is 0 Å². The fourth-order valence-corrected chi connectivity index (χ4v) is 2.08. The zero-order valence-electron chi connectivity index (χ0n) is 10.4. The van der Waals surface area contributed by atoms with E-state index in [1.54, 1.807) is 0 Å². The molecule has 0 aliphatic rings. The summed E-state index contributed by atoms with van der Waals surface area (Å²) < 4.78 is 0. The number of aliphatic hydroxyl groups excluding tert-OH is 1. The monoisotopic (exact) mass is 252 g/mol. The molecule has 1 aromatic rings. The van der Waals surface area contributed by atoms with Crippen molar-refractivity contribution in [3.05, 3.63) is 29.3 Å². The van der Waals surface area contributed by atoms with E-state index in [1.807, 2.05) is 19.1 Å². The molecular weight excluding hydrogens is 232 g/mol. The molecule has 0 radical (unpaired) electrons. The molecule has 3 N–H and O–H groups in total. The van der Waals surface area contributed by atoms with Crippen LogP contribution in [0.4, 0.5) is 5.69 Å². The predicted molar refractivity (Wildman–Crippen MR) is 76.7 cm³/mol. The Bertz CT molecular complexity index is 393. The second kappa shape index (κ2) is 6.57. The average molecular weight is 252 g/mol. The van der Waals surface area contributed by atoms with Crippen molar-refractivity contribution in [2.45, 2.75) is 20.3 Å². The Morgan fingerprint density at radius 2 is 2.18 bits per heavy atom. The fraction of sp³-hybridized carbons (Fsp3) is 0.462. The summed E-state index contributed by atoms with van der Waals surface area (Å²) in [6.45, 7) is 6.12. The highest BCUT2D eigenvalue weighted by molar-refractivity contribution is 7.80. The van der Waals surface area contributed by atoms with Crippen molar-refractivity contribution < 1.29 is 5.11 Å². The van der Waals surface area contributed by atoms with Crippen molar-refractivity contribution in [2.75, 3.05) is 24.6 Å². The van der Waals surface area contributed by atoms with Gasteiger partial charge in [0.15, 0.2) is 0 Å². The zero-order valence-corrected chi connectivity index (χ0v) is 11.3. The first-order valence-electron chi connectivity index (χ1n) is 5.86. The van der Waals surface area contributed by atoms with Crippen molar-refractivity contribution >= 4 is 22.9 Å². The lowest BCUT2D eigenvalue weighted by Gasteiger charge is -2.23. The van der Waals surface area contributed by atoms with Crippen molar-refractivity contribution in [2.24, 2.45) is 5.73 Å². The largest absolute Gasteiger partial charge is 0.396 e. The smallest absolute Gasteiger partial charge is 0.104 e. The van der Waals surface area contributed by atoms with Gasteiger partial charge >= 0.3 is 0 Å². The molecule has 0 aromatic heterocycles. The minimum Gasteiger partial charge on any atom is -0.396 e. The lowest BCUT2D eigenvalue weighted by Crippen LogP contribution is -2.25. The molecule has 3 nitrogen and oxygen atoms in total. The van der Waals surface area contributed by atoms with E-state index in [0.717, 1.165) is 36.3 Å². The van der Waals surface area contributed by atoms with E-state index in [2.05, 4.69) is 17.9 Å². The molecule has 0 amide bonds. The van der Waals surface area contributed by atoms with Crippen LogP contribution in [0.1, 0.15) is 24.5 Å². The molecule has 0 fully saturated rings. The topological polar surface area (TPSA) is 49.5 Å². The first-order chi connectivity index (χ1) is 8.10. The molecule has 0 spiro atoms. The van der Waals surface area contributed by atoms with E-state index in [-0.39, 0.29) is 6.61 Å². The van der Waals surface area contributed by atoms with Crippen LogP contribution in [0.25, 0.3) is 0 Å². The predicted octanol–water partition coefficient (Wildman–Crippen LogP) is 1.84. The molecule has 0 saturated carbocycles. The molecule has 94 valence electrons. The molecule has 0 unspecified atom stereocenters. The summed E-state index contributed by atoms with van der Waals surface area (Å²) in [5, 5.41) is 8.87. The first-order valence-corrected chi connectivity index (χ1v) is 6.27. The van der Waals surface area contributed by atoms with Gasteiger partial charge in [-0.15, -0.1) is 0 Å². The zero-order chi connectivity index (χ0) is 12.8. The number of hydrogen-bond donors (Lipinski definition) is 2. The molecule has 1 rings (SSSR count). The van der Waals surface area contributed by atoms with E-state index in [4.69, 9.17) is 23.1 Å². The first kappa shape index (κ1) is 13.9. The van der Waals surface area contributed by atoms with Crippen molar-refractivity contribution in [1.29, 1.82) is 0 Å². The lowest BCUT2D eigenvalue weighted by atomic mass is 10.1. The minimum atomic E-state index is 0.223. The van der Waals surface area contributed by atoms with Crippen LogP contribution in [-0.4, -0.2) is 29.8 Å². The number of benzene rings is 1. The molecule has 0 heterocycles. The Morgan fingerprint density at radius 3 is 2.65 bits per heavy atom. The van der Waals surface area contributed by atoms with Gasteiger partial charge in [-0.05, 0) is 44.0 Å². The summed E-state index contributed by atoms with van der Waals surface area (Å²) in [6, 6.07) is 6.09. The van der Waals surface area contributed by atoms with Crippen LogP contribution in [-0.2, 0) is 0 Å². The number of anilines is 1. The minimum absolute atomic E-state index is 0.223. The number of nitrogens with zero attached hydrogens (tertiary/aromatic N) is 1. The summed E-state index contributed by atoms with van der Waals surface area (Å²) in [5.74, 6) is 0. The van der Waals surface area contributed by atoms with E-state index >= 15 is 0 Å². The molecule has 0 aliphatic heterocycles. The number of rotatable bonds is 6. The van der Waals surface area contributed by atoms with Gasteiger partial charge in [-0.1, -0.05) is 12.2 Å². The molecule has 1 aromatic carbocycles. The fourth-order valence-electron chi connectivity index (χ4n) is 1.85. The maximum Gasteiger partial charge on any atom is 0.104 e. The summed E-state index contributed by atoms with van der Waals surface area (Å²) in [4.78, 5) is 2.67. The van der Waals surface area contributed by atoms with Crippen LogP contribution in [0, 0.1) is 6.92 Å². The number of nitrogens with two attached hydrogens (primary N) is 1. The third kappa shape index (κ3) is 3.68. The highest BCUT2D eigenvalue weighted by atomic mass is 32.1. The van der Waals surface area contributed by atoms with Crippen LogP contribution < -0.4 is 10.6 Å². The van der Waals surface area contributed by atoms with Crippen LogP contribution in [0.5, 0.6) is 0 Å². The quantitative estimate of drug-likeness (QED) is 0.759. The highest BCUT2D eigenvalue weighted by Gasteiger charge is 2.07. The summed E-state index contributed by atoms with van der Waals surface area (Å²) in [6.07, 6.45) is 0.782. The molecule has 0 aliphatic carbocycles. The van der Waals surface area contributed by atoms with Crippen molar-refractivity contribution in [3.8, 4) is 0 Å². The van der Waals surface area contributed by atoms with Gasteiger partial charge in [-0.25, -0.2) is 0 Å². The Morgan fingerprint density at radius 1 is 1.47 bits per heavy atom. The van der Waals surface area contributed by atoms with Crippen molar-refractivity contribution in [1.82, 2.24) is 0 Å². The van der Waals surface area contributed by atoms with Gasteiger partial charge in [0.25, 0.3) is 0 Å². The number of aryl methyl sites for hydroxylation is 1. The van der Waals surface area contributed by atoms with Crippen LogP contribution in [0.15, 0.2) is 18.2 Å². The van der Waals surface area contributed by atoms with E-state index < -0.39 is 0 Å². The Balaban J connectivity index is 2.90. The second-order valence-corrected chi connectivity index (χ2v) is 4.46. The number of aliphatic hydroxyl groups is 1.